The number of likely N-dealkylation sites (tertiary alicyclic amines) is 1. The first-order valence-corrected chi connectivity index (χ1v) is 11.9. The molecule has 0 aliphatic carbocycles. The molecule has 4 aromatic rings. The minimum absolute atomic E-state index is 0.0518. The number of halogens is 4. The van der Waals surface area contributed by atoms with Crippen molar-refractivity contribution in [2.45, 2.75) is 25.1 Å². The Bertz CT molecular complexity index is 1360. The summed E-state index contributed by atoms with van der Waals surface area (Å²) in [6, 6.07) is 16.4. The Labute approximate surface area is 207 Å². The molecule has 180 valence electrons. The lowest BCUT2D eigenvalue weighted by molar-refractivity contribution is -0.137. The molecule has 1 aliphatic heterocycles. The molecule has 1 N–H and O–H groups in total. The number of alkyl halides is 3. The number of anilines is 1. The molecule has 35 heavy (non-hydrogen) atoms. The third-order valence-electron chi connectivity index (χ3n) is 6.07. The highest BCUT2D eigenvalue weighted by molar-refractivity contribution is 9.10. The van der Waals surface area contributed by atoms with Crippen molar-refractivity contribution < 1.29 is 18.0 Å². The van der Waals surface area contributed by atoms with Crippen molar-refractivity contribution in [2.24, 2.45) is 0 Å². The second-order valence-corrected chi connectivity index (χ2v) is 9.26. The van der Waals surface area contributed by atoms with Crippen LogP contribution in [-0.4, -0.2) is 44.5 Å². The van der Waals surface area contributed by atoms with Gasteiger partial charge in [0.2, 0.25) is 0 Å². The van der Waals surface area contributed by atoms with Gasteiger partial charge in [0.25, 0.3) is 5.91 Å². The first-order chi connectivity index (χ1) is 16.8. The molecule has 5 rings (SSSR count). The molecule has 10 heteroatoms. The number of rotatable bonds is 4. The van der Waals surface area contributed by atoms with Crippen LogP contribution in [0.1, 0.15) is 28.8 Å². The van der Waals surface area contributed by atoms with E-state index in [2.05, 4.69) is 26.3 Å². The van der Waals surface area contributed by atoms with Crippen LogP contribution in [-0.2, 0) is 6.18 Å². The SMILES string of the molecule is O=C(c1cccc(C(F)(F)F)c1)N1CCC(Nc2cc(-c3ccccc3)nc3c(Br)cnn23)CC1. The molecule has 6 nitrogen and oxygen atoms in total. The third-order valence-corrected chi connectivity index (χ3v) is 6.63. The fourth-order valence-corrected chi connectivity index (χ4v) is 4.59. The topological polar surface area (TPSA) is 62.5 Å². The summed E-state index contributed by atoms with van der Waals surface area (Å²) < 4.78 is 41.6. The second-order valence-electron chi connectivity index (χ2n) is 8.41. The maximum atomic E-state index is 13.0. The fraction of sp³-hybridized carbons (Fsp3) is 0.240. The lowest BCUT2D eigenvalue weighted by atomic mass is 10.0. The third kappa shape index (κ3) is 4.88. The number of amides is 1. The van der Waals surface area contributed by atoms with Gasteiger partial charge in [-0.2, -0.15) is 22.8 Å². The zero-order valence-electron chi connectivity index (χ0n) is 18.5. The molecular formula is C25H21BrF3N5O. The standard InChI is InChI=1S/C25H21BrF3N5O/c26-20-15-30-34-22(14-21(32-23(20)34)16-5-2-1-3-6-16)31-19-9-11-33(12-10-19)24(35)17-7-4-8-18(13-17)25(27,28)29/h1-8,13-15,19,31H,9-12H2. The number of hydrogen-bond acceptors (Lipinski definition) is 4. The predicted molar refractivity (Wildman–Crippen MR) is 130 cm³/mol. The van der Waals surface area contributed by atoms with Crippen molar-refractivity contribution >= 4 is 33.3 Å². The molecule has 3 heterocycles. The van der Waals surface area contributed by atoms with Crippen LogP contribution in [0, 0.1) is 0 Å². The van der Waals surface area contributed by atoms with Crippen molar-refractivity contribution in [1.29, 1.82) is 0 Å². The average molecular weight is 544 g/mol. The van der Waals surface area contributed by atoms with E-state index in [4.69, 9.17) is 4.98 Å². The van der Waals surface area contributed by atoms with Crippen molar-refractivity contribution in [2.75, 3.05) is 18.4 Å². The molecule has 1 amide bonds. The Morgan fingerprint density at radius 3 is 2.49 bits per heavy atom. The molecule has 0 radical (unpaired) electrons. The van der Waals surface area contributed by atoms with E-state index in [-0.39, 0.29) is 17.5 Å². The van der Waals surface area contributed by atoms with Gasteiger partial charge in [-0.25, -0.2) is 4.98 Å². The highest BCUT2D eigenvalue weighted by Gasteiger charge is 2.32. The maximum absolute atomic E-state index is 13.0. The number of fused-ring (bicyclic) bond motifs is 1. The number of nitrogens with one attached hydrogen (secondary N) is 1. The largest absolute Gasteiger partial charge is 0.416 e. The Hall–Kier alpha value is -3.40. The van der Waals surface area contributed by atoms with Crippen LogP contribution in [0.4, 0.5) is 19.0 Å². The van der Waals surface area contributed by atoms with E-state index in [1.54, 1.807) is 15.6 Å². The Morgan fingerprint density at radius 1 is 1.03 bits per heavy atom. The maximum Gasteiger partial charge on any atom is 0.416 e. The Balaban J connectivity index is 1.31. The fourth-order valence-electron chi connectivity index (χ4n) is 4.24. The summed E-state index contributed by atoms with van der Waals surface area (Å²) in [4.78, 5) is 19.2. The Kier molecular flexibility index (Phi) is 6.22. The minimum atomic E-state index is -4.48. The summed E-state index contributed by atoms with van der Waals surface area (Å²) >= 11 is 3.51. The normalized spacial score (nSPS) is 14.9. The number of hydrogen-bond donors (Lipinski definition) is 1. The summed E-state index contributed by atoms with van der Waals surface area (Å²) in [6.45, 7) is 0.880. The van der Waals surface area contributed by atoms with E-state index < -0.39 is 11.7 Å². The van der Waals surface area contributed by atoms with Crippen LogP contribution in [0.2, 0.25) is 0 Å². The second kappa shape index (κ2) is 9.33. The molecule has 0 unspecified atom stereocenters. The number of carbonyl (C=O) groups excluding carboxylic acids is 1. The van der Waals surface area contributed by atoms with Crippen LogP contribution < -0.4 is 5.32 Å². The molecule has 0 saturated carbocycles. The van der Waals surface area contributed by atoms with Crippen molar-refractivity contribution in [3.05, 3.63) is 82.5 Å². The zero-order chi connectivity index (χ0) is 24.6. The predicted octanol–water partition coefficient (Wildman–Crippen LogP) is 5.89. The van der Waals surface area contributed by atoms with Crippen molar-refractivity contribution in [3.8, 4) is 11.3 Å². The van der Waals surface area contributed by atoms with E-state index in [1.165, 1.54) is 12.1 Å². The van der Waals surface area contributed by atoms with Crippen LogP contribution in [0.15, 0.2) is 71.3 Å². The molecule has 1 aliphatic rings. The van der Waals surface area contributed by atoms with Crippen LogP contribution in [0.25, 0.3) is 16.9 Å². The van der Waals surface area contributed by atoms with E-state index in [0.29, 0.717) is 31.6 Å². The summed E-state index contributed by atoms with van der Waals surface area (Å²) in [5, 5.41) is 7.95. The molecule has 0 spiro atoms. The van der Waals surface area contributed by atoms with Crippen molar-refractivity contribution in [1.82, 2.24) is 19.5 Å². The quantitative estimate of drug-likeness (QED) is 0.348. The molecule has 0 atom stereocenters. The van der Waals surface area contributed by atoms with Gasteiger partial charge in [0, 0.05) is 36.3 Å². The average Bonchev–Trinajstić information content (AvgIpc) is 3.25. The van der Waals surface area contributed by atoms with Crippen LogP contribution in [0.5, 0.6) is 0 Å². The minimum Gasteiger partial charge on any atom is -0.367 e. The van der Waals surface area contributed by atoms with Gasteiger partial charge in [0.15, 0.2) is 5.65 Å². The summed E-state index contributed by atoms with van der Waals surface area (Å²) in [5.74, 6) is 0.394. The van der Waals surface area contributed by atoms with Crippen LogP contribution >= 0.6 is 15.9 Å². The van der Waals surface area contributed by atoms with Gasteiger partial charge in [-0.05, 0) is 47.0 Å². The highest BCUT2D eigenvalue weighted by atomic mass is 79.9. The summed E-state index contributed by atoms with van der Waals surface area (Å²) in [5.41, 5.74) is 1.70. The van der Waals surface area contributed by atoms with Crippen molar-refractivity contribution in [3.63, 3.8) is 0 Å². The van der Waals surface area contributed by atoms with Gasteiger partial charge in [-0.3, -0.25) is 4.79 Å². The summed E-state index contributed by atoms with van der Waals surface area (Å²) in [6.07, 6.45) is -1.49. The lowest BCUT2D eigenvalue weighted by Crippen LogP contribution is -2.42. The van der Waals surface area contributed by atoms with Gasteiger partial charge in [0.1, 0.15) is 5.82 Å². The first-order valence-electron chi connectivity index (χ1n) is 11.1. The number of benzene rings is 2. The van der Waals surface area contributed by atoms with Crippen LogP contribution in [0.3, 0.4) is 0 Å². The van der Waals surface area contributed by atoms with Gasteiger partial charge in [-0.15, -0.1) is 0 Å². The highest BCUT2D eigenvalue weighted by Crippen LogP contribution is 2.30. The van der Waals surface area contributed by atoms with Gasteiger partial charge in [0.05, 0.1) is 21.9 Å². The summed E-state index contributed by atoms with van der Waals surface area (Å²) in [7, 11) is 0. The Morgan fingerprint density at radius 2 is 1.77 bits per heavy atom. The molecule has 2 aromatic carbocycles. The number of carbonyl (C=O) groups is 1. The first kappa shape index (κ1) is 23.3. The van der Waals surface area contributed by atoms with Gasteiger partial charge in [-0.1, -0.05) is 36.4 Å². The van der Waals surface area contributed by atoms with Gasteiger partial charge >= 0.3 is 6.18 Å². The number of piperidine rings is 1. The monoisotopic (exact) mass is 543 g/mol. The molecular weight excluding hydrogens is 523 g/mol. The molecule has 0 bridgehead atoms. The molecule has 2 aromatic heterocycles. The number of nitrogens with zero attached hydrogens (tertiary/aromatic N) is 4. The van der Waals surface area contributed by atoms with E-state index in [0.717, 1.165) is 33.7 Å². The molecule has 1 saturated heterocycles. The number of aromatic nitrogens is 3. The smallest absolute Gasteiger partial charge is 0.367 e. The van der Waals surface area contributed by atoms with E-state index in [9.17, 15) is 18.0 Å². The van der Waals surface area contributed by atoms with E-state index >= 15 is 0 Å². The van der Waals surface area contributed by atoms with E-state index in [1.807, 2.05) is 36.4 Å². The van der Waals surface area contributed by atoms with Gasteiger partial charge < -0.3 is 10.2 Å². The lowest BCUT2D eigenvalue weighted by Gasteiger charge is -2.33. The molecule has 1 fully saturated rings. The zero-order valence-corrected chi connectivity index (χ0v) is 20.1.